The van der Waals surface area contributed by atoms with Crippen molar-refractivity contribution in [3.8, 4) is 0 Å². The Morgan fingerprint density at radius 1 is 1.29 bits per heavy atom. The van der Waals surface area contributed by atoms with Crippen molar-refractivity contribution in [1.29, 1.82) is 0 Å². The second kappa shape index (κ2) is 4.58. The lowest BCUT2D eigenvalue weighted by molar-refractivity contribution is -0.131. The molecular weight excluding hydrogens is 216 g/mol. The van der Waals surface area contributed by atoms with Crippen molar-refractivity contribution in [2.45, 2.75) is 31.8 Å². The van der Waals surface area contributed by atoms with Crippen LogP contribution in [0.25, 0.3) is 0 Å². The molecule has 4 atom stereocenters. The van der Waals surface area contributed by atoms with E-state index in [-0.39, 0.29) is 6.10 Å². The smallest absolute Gasteiger partial charge is 0.222 e. The molecule has 2 aliphatic heterocycles. The fourth-order valence-corrected chi connectivity index (χ4v) is 3.71. The third kappa shape index (κ3) is 2.20. The van der Waals surface area contributed by atoms with Crippen LogP contribution in [0.4, 0.5) is 0 Å². The molecule has 0 aromatic heterocycles. The minimum absolute atomic E-state index is 0.161. The van der Waals surface area contributed by atoms with Crippen LogP contribution in [0, 0.1) is 17.8 Å². The molecule has 3 rings (SSSR count). The van der Waals surface area contributed by atoms with Gasteiger partial charge in [0, 0.05) is 25.4 Å². The number of nitrogens with one attached hydrogen (secondary N) is 1. The molecule has 0 aromatic carbocycles. The molecular formula is C13H22N2O2. The topological polar surface area (TPSA) is 52.6 Å². The first-order chi connectivity index (χ1) is 8.24. The maximum absolute atomic E-state index is 12.2. The van der Waals surface area contributed by atoms with Crippen LogP contribution in [0.3, 0.4) is 0 Å². The molecule has 3 fully saturated rings. The van der Waals surface area contributed by atoms with Gasteiger partial charge >= 0.3 is 0 Å². The molecule has 4 unspecified atom stereocenters. The lowest BCUT2D eigenvalue weighted by atomic mass is 10.00. The van der Waals surface area contributed by atoms with Gasteiger partial charge in [-0.1, -0.05) is 0 Å². The van der Waals surface area contributed by atoms with Gasteiger partial charge in [0.2, 0.25) is 5.91 Å². The van der Waals surface area contributed by atoms with Gasteiger partial charge in [-0.15, -0.1) is 0 Å². The lowest BCUT2D eigenvalue weighted by Gasteiger charge is -2.20. The second-order valence-corrected chi connectivity index (χ2v) is 5.93. The van der Waals surface area contributed by atoms with Crippen LogP contribution in [-0.2, 0) is 4.79 Å². The number of hydrogen-bond acceptors (Lipinski definition) is 3. The second-order valence-electron chi connectivity index (χ2n) is 5.93. The minimum atomic E-state index is -0.161. The number of amides is 1. The third-order valence-corrected chi connectivity index (χ3v) is 4.80. The summed E-state index contributed by atoms with van der Waals surface area (Å²) in [5.74, 6) is 1.77. The van der Waals surface area contributed by atoms with Crippen LogP contribution in [-0.4, -0.2) is 48.2 Å². The normalized spacial score (nSPS) is 40.9. The van der Waals surface area contributed by atoms with Crippen LogP contribution in [0.5, 0.6) is 0 Å². The molecule has 1 saturated carbocycles. The first-order valence-electron chi connectivity index (χ1n) is 6.90. The van der Waals surface area contributed by atoms with Crippen LogP contribution in [0.15, 0.2) is 0 Å². The van der Waals surface area contributed by atoms with Crippen molar-refractivity contribution in [3.63, 3.8) is 0 Å². The van der Waals surface area contributed by atoms with E-state index < -0.39 is 0 Å². The summed E-state index contributed by atoms with van der Waals surface area (Å²) in [4.78, 5) is 14.2. The third-order valence-electron chi connectivity index (χ3n) is 4.80. The van der Waals surface area contributed by atoms with Crippen molar-refractivity contribution >= 4 is 5.91 Å². The zero-order chi connectivity index (χ0) is 11.8. The molecule has 96 valence electrons. The molecule has 4 nitrogen and oxygen atoms in total. The van der Waals surface area contributed by atoms with Gasteiger partial charge in [0.05, 0.1) is 6.10 Å². The molecule has 17 heavy (non-hydrogen) atoms. The number of likely N-dealkylation sites (tertiary alicyclic amines) is 1. The number of aliphatic hydroxyl groups is 1. The van der Waals surface area contributed by atoms with E-state index in [9.17, 15) is 9.90 Å². The Hall–Kier alpha value is -0.610. The maximum atomic E-state index is 12.2. The molecule has 0 spiro atoms. The van der Waals surface area contributed by atoms with Gasteiger partial charge in [0.1, 0.15) is 0 Å². The summed E-state index contributed by atoms with van der Waals surface area (Å²) in [6.07, 6.45) is 3.70. The van der Waals surface area contributed by atoms with Gasteiger partial charge in [0.25, 0.3) is 0 Å². The largest absolute Gasteiger partial charge is 0.393 e. The number of fused-ring (bicyclic) bond motifs is 1. The highest BCUT2D eigenvalue weighted by atomic mass is 16.3. The Bertz CT molecular complexity index is 302. The number of rotatable bonds is 2. The summed E-state index contributed by atoms with van der Waals surface area (Å²) in [7, 11) is 0. The highest BCUT2D eigenvalue weighted by Crippen LogP contribution is 2.38. The van der Waals surface area contributed by atoms with E-state index >= 15 is 0 Å². The van der Waals surface area contributed by atoms with Gasteiger partial charge in [0.15, 0.2) is 0 Å². The van der Waals surface area contributed by atoms with E-state index in [0.29, 0.717) is 30.1 Å². The Morgan fingerprint density at radius 3 is 2.88 bits per heavy atom. The van der Waals surface area contributed by atoms with Crippen molar-refractivity contribution in [1.82, 2.24) is 10.2 Å². The van der Waals surface area contributed by atoms with E-state index in [1.807, 2.05) is 4.90 Å². The summed E-state index contributed by atoms with van der Waals surface area (Å²) in [5.41, 5.74) is 0. The monoisotopic (exact) mass is 238 g/mol. The first-order valence-corrected chi connectivity index (χ1v) is 6.90. The van der Waals surface area contributed by atoms with E-state index in [4.69, 9.17) is 0 Å². The minimum Gasteiger partial charge on any atom is -0.393 e. The van der Waals surface area contributed by atoms with Crippen LogP contribution < -0.4 is 5.32 Å². The summed E-state index contributed by atoms with van der Waals surface area (Å²) in [5, 5.41) is 13.1. The average molecular weight is 238 g/mol. The molecule has 3 aliphatic rings. The fourth-order valence-electron chi connectivity index (χ4n) is 3.71. The molecule has 0 radical (unpaired) electrons. The Kier molecular flexibility index (Phi) is 3.09. The number of aliphatic hydroxyl groups excluding tert-OH is 1. The fraction of sp³-hybridized carbons (Fsp3) is 0.923. The van der Waals surface area contributed by atoms with Crippen molar-refractivity contribution in [2.75, 3.05) is 26.2 Å². The van der Waals surface area contributed by atoms with Gasteiger partial charge in [-0.2, -0.15) is 0 Å². The average Bonchev–Trinajstić information content (AvgIpc) is 2.97. The summed E-state index contributed by atoms with van der Waals surface area (Å²) >= 11 is 0. The Morgan fingerprint density at radius 2 is 2.18 bits per heavy atom. The van der Waals surface area contributed by atoms with E-state index in [0.717, 1.165) is 45.4 Å². The molecule has 4 heteroatoms. The number of carbonyl (C=O) groups excluding carboxylic acids is 1. The number of nitrogens with zero attached hydrogens (tertiary/aromatic N) is 1. The number of hydrogen-bond donors (Lipinski definition) is 2. The van der Waals surface area contributed by atoms with Gasteiger partial charge in [-0.25, -0.2) is 0 Å². The summed E-state index contributed by atoms with van der Waals surface area (Å²) in [6.45, 7) is 3.74. The molecule has 0 aromatic rings. The Balaban J connectivity index is 1.53. The van der Waals surface area contributed by atoms with Crippen molar-refractivity contribution in [3.05, 3.63) is 0 Å². The summed E-state index contributed by atoms with van der Waals surface area (Å²) < 4.78 is 0. The SMILES string of the molecule is O=C(CC1CCNC1)N1CC2CCC(O)C2C1. The lowest BCUT2D eigenvalue weighted by Crippen LogP contribution is -2.32. The molecule has 2 saturated heterocycles. The van der Waals surface area contributed by atoms with E-state index in [1.165, 1.54) is 0 Å². The standard InChI is InChI=1S/C13H22N2O2/c16-12-2-1-10-7-15(8-11(10)12)13(17)5-9-3-4-14-6-9/h9-12,14,16H,1-8H2. The molecule has 1 amide bonds. The molecule has 2 N–H and O–H groups in total. The summed E-state index contributed by atoms with van der Waals surface area (Å²) in [6, 6.07) is 0. The predicted molar refractivity (Wildman–Crippen MR) is 64.4 cm³/mol. The van der Waals surface area contributed by atoms with Gasteiger partial charge in [-0.05, 0) is 44.2 Å². The molecule has 1 aliphatic carbocycles. The van der Waals surface area contributed by atoms with Crippen LogP contribution >= 0.6 is 0 Å². The molecule has 0 bridgehead atoms. The van der Waals surface area contributed by atoms with E-state index in [1.54, 1.807) is 0 Å². The Labute approximate surface area is 102 Å². The molecule has 2 heterocycles. The highest BCUT2D eigenvalue weighted by molar-refractivity contribution is 5.76. The van der Waals surface area contributed by atoms with Crippen molar-refractivity contribution in [2.24, 2.45) is 17.8 Å². The first kappa shape index (κ1) is 11.5. The quantitative estimate of drug-likeness (QED) is 0.723. The highest BCUT2D eigenvalue weighted by Gasteiger charge is 2.43. The van der Waals surface area contributed by atoms with Crippen LogP contribution in [0.2, 0.25) is 0 Å². The number of carbonyl (C=O) groups is 1. The van der Waals surface area contributed by atoms with Gasteiger partial charge < -0.3 is 15.3 Å². The van der Waals surface area contributed by atoms with Crippen LogP contribution in [0.1, 0.15) is 25.7 Å². The zero-order valence-electron chi connectivity index (χ0n) is 10.3. The van der Waals surface area contributed by atoms with Gasteiger partial charge in [-0.3, -0.25) is 4.79 Å². The zero-order valence-corrected chi connectivity index (χ0v) is 10.3. The van der Waals surface area contributed by atoms with Crippen molar-refractivity contribution < 1.29 is 9.90 Å². The maximum Gasteiger partial charge on any atom is 0.222 e. The van der Waals surface area contributed by atoms with E-state index in [2.05, 4.69) is 5.32 Å². The predicted octanol–water partition coefficient (Wildman–Crippen LogP) is 0.215.